The maximum atomic E-state index is 11.8. The van der Waals surface area contributed by atoms with E-state index in [0.29, 0.717) is 13.1 Å². The van der Waals surface area contributed by atoms with Crippen molar-refractivity contribution in [3.8, 4) is 0 Å². The third-order valence-electron chi connectivity index (χ3n) is 3.18. The van der Waals surface area contributed by atoms with Crippen molar-refractivity contribution in [3.63, 3.8) is 0 Å². The minimum atomic E-state index is -0.299. The number of hydrogen-bond donors (Lipinski definition) is 2. The molecule has 0 fully saturated rings. The number of carbonyl (C=O) groups is 2. The van der Waals surface area contributed by atoms with Crippen molar-refractivity contribution >= 4 is 39.2 Å². The van der Waals surface area contributed by atoms with E-state index in [4.69, 9.17) is 0 Å². The molecule has 0 saturated carbocycles. The Morgan fingerprint density at radius 3 is 2.35 bits per heavy atom. The molecule has 0 aliphatic heterocycles. The number of para-hydroxylation sites is 2. The number of anilines is 2. The minimum Gasteiger partial charge on any atom is -0.336 e. The van der Waals surface area contributed by atoms with Crippen molar-refractivity contribution in [2.45, 2.75) is 6.92 Å². The first-order chi connectivity index (χ1) is 11.1. The topological polar surface area (TPSA) is 61.4 Å². The molecule has 2 N–H and O–H groups in total. The highest BCUT2D eigenvalue weighted by Gasteiger charge is 2.14. The lowest BCUT2D eigenvalue weighted by molar-refractivity contribution is -0.116. The summed E-state index contributed by atoms with van der Waals surface area (Å²) in [5.74, 6) is -0.0813. The van der Waals surface area contributed by atoms with Crippen LogP contribution < -0.4 is 15.5 Å². The molecule has 0 radical (unpaired) electrons. The minimum absolute atomic E-state index is 0.0813. The van der Waals surface area contributed by atoms with Gasteiger partial charge in [0.25, 0.3) is 0 Å². The van der Waals surface area contributed by atoms with Crippen molar-refractivity contribution < 1.29 is 9.59 Å². The van der Waals surface area contributed by atoms with Gasteiger partial charge in [-0.05, 0) is 40.2 Å². The third-order valence-corrected chi connectivity index (χ3v) is 3.85. The van der Waals surface area contributed by atoms with E-state index in [1.807, 2.05) is 54.6 Å². The first-order valence-corrected chi connectivity index (χ1v) is 8.00. The standard InChI is InChI=1S/C17H18BrN3O2/c1-13(22)21(16-10-6-5-9-15(16)18)12-11-19-17(23)20-14-7-3-2-4-8-14/h2-10H,11-12H2,1H3,(H2,19,20,23). The fourth-order valence-corrected chi connectivity index (χ4v) is 2.59. The molecular formula is C17H18BrN3O2. The summed E-state index contributed by atoms with van der Waals surface area (Å²) in [7, 11) is 0. The molecule has 23 heavy (non-hydrogen) atoms. The molecule has 6 heteroatoms. The van der Waals surface area contributed by atoms with Crippen LogP contribution in [0, 0.1) is 0 Å². The van der Waals surface area contributed by atoms with Crippen LogP contribution >= 0.6 is 15.9 Å². The Kier molecular flexibility index (Phi) is 6.17. The molecule has 2 rings (SSSR count). The fraction of sp³-hybridized carbons (Fsp3) is 0.176. The van der Waals surface area contributed by atoms with Gasteiger partial charge in [-0.15, -0.1) is 0 Å². The highest BCUT2D eigenvalue weighted by molar-refractivity contribution is 9.10. The fourth-order valence-electron chi connectivity index (χ4n) is 2.10. The molecule has 0 atom stereocenters. The number of nitrogens with one attached hydrogen (secondary N) is 2. The summed E-state index contributed by atoms with van der Waals surface area (Å²) < 4.78 is 0.837. The lowest BCUT2D eigenvalue weighted by atomic mass is 10.3. The molecule has 0 unspecified atom stereocenters. The van der Waals surface area contributed by atoms with E-state index < -0.39 is 0 Å². The predicted octanol–water partition coefficient (Wildman–Crippen LogP) is 3.62. The van der Waals surface area contributed by atoms with Gasteiger partial charge in [-0.1, -0.05) is 30.3 Å². The summed E-state index contributed by atoms with van der Waals surface area (Å²) >= 11 is 3.44. The van der Waals surface area contributed by atoms with Crippen molar-refractivity contribution in [1.82, 2.24) is 5.32 Å². The maximum absolute atomic E-state index is 11.8. The second-order valence-corrected chi connectivity index (χ2v) is 5.72. The van der Waals surface area contributed by atoms with Crippen LogP contribution in [0.1, 0.15) is 6.92 Å². The summed E-state index contributed by atoms with van der Waals surface area (Å²) in [6.45, 7) is 2.24. The average molecular weight is 376 g/mol. The van der Waals surface area contributed by atoms with Crippen LogP contribution in [0.3, 0.4) is 0 Å². The number of urea groups is 1. The molecule has 3 amide bonds. The molecule has 2 aromatic rings. The van der Waals surface area contributed by atoms with Crippen molar-refractivity contribution in [2.75, 3.05) is 23.3 Å². The zero-order valence-electron chi connectivity index (χ0n) is 12.8. The van der Waals surface area contributed by atoms with Crippen molar-refractivity contribution in [1.29, 1.82) is 0 Å². The summed E-state index contributed by atoms with van der Waals surface area (Å²) in [6.07, 6.45) is 0. The van der Waals surface area contributed by atoms with Gasteiger partial charge in [-0.3, -0.25) is 4.79 Å². The largest absolute Gasteiger partial charge is 0.336 e. The molecule has 0 heterocycles. The first-order valence-electron chi connectivity index (χ1n) is 7.20. The zero-order valence-corrected chi connectivity index (χ0v) is 14.3. The highest BCUT2D eigenvalue weighted by atomic mass is 79.9. The summed E-state index contributed by atoms with van der Waals surface area (Å²) in [5, 5.41) is 5.48. The van der Waals surface area contributed by atoms with E-state index in [9.17, 15) is 9.59 Å². The monoisotopic (exact) mass is 375 g/mol. The normalized spacial score (nSPS) is 10.0. The number of hydrogen-bond acceptors (Lipinski definition) is 2. The van der Waals surface area contributed by atoms with Gasteiger partial charge >= 0.3 is 6.03 Å². The lowest BCUT2D eigenvalue weighted by Gasteiger charge is -2.22. The van der Waals surface area contributed by atoms with E-state index in [0.717, 1.165) is 15.8 Å². The smallest absolute Gasteiger partial charge is 0.319 e. The molecule has 0 saturated heterocycles. The Morgan fingerprint density at radius 1 is 1.04 bits per heavy atom. The van der Waals surface area contributed by atoms with Crippen molar-refractivity contribution in [2.24, 2.45) is 0 Å². The second kappa shape index (κ2) is 8.33. The Hall–Kier alpha value is -2.34. The van der Waals surface area contributed by atoms with Crippen LogP contribution in [0.2, 0.25) is 0 Å². The van der Waals surface area contributed by atoms with Gasteiger partial charge < -0.3 is 15.5 Å². The van der Waals surface area contributed by atoms with Gasteiger partial charge in [-0.2, -0.15) is 0 Å². The Bertz CT molecular complexity index is 677. The number of amides is 3. The molecule has 0 spiro atoms. The second-order valence-electron chi connectivity index (χ2n) is 4.87. The van der Waals surface area contributed by atoms with Crippen LogP contribution in [-0.2, 0) is 4.79 Å². The van der Waals surface area contributed by atoms with Crippen molar-refractivity contribution in [3.05, 3.63) is 59.1 Å². The number of carbonyl (C=O) groups excluding carboxylic acids is 2. The molecule has 0 aliphatic rings. The van der Waals surface area contributed by atoms with Gasteiger partial charge in [0.05, 0.1) is 5.69 Å². The van der Waals surface area contributed by atoms with Gasteiger partial charge in [0.2, 0.25) is 5.91 Å². The van der Waals surface area contributed by atoms with E-state index >= 15 is 0 Å². The van der Waals surface area contributed by atoms with Crippen LogP contribution in [0.5, 0.6) is 0 Å². The number of halogens is 1. The summed E-state index contributed by atoms with van der Waals surface area (Å²) in [6, 6.07) is 16.4. The van der Waals surface area contributed by atoms with Crippen LogP contribution in [0.15, 0.2) is 59.1 Å². The lowest BCUT2D eigenvalue weighted by Crippen LogP contribution is -2.39. The summed E-state index contributed by atoms with van der Waals surface area (Å²) in [5.41, 5.74) is 1.50. The van der Waals surface area contributed by atoms with E-state index in [1.165, 1.54) is 6.92 Å². The number of benzene rings is 2. The van der Waals surface area contributed by atoms with Gasteiger partial charge in [0.15, 0.2) is 0 Å². The molecular weight excluding hydrogens is 358 g/mol. The molecule has 0 aromatic heterocycles. The van der Waals surface area contributed by atoms with E-state index in [1.54, 1.807) is 4.90 Å². The molecule has 2 aromatic carbocycles. The molecule has 0 bridgehead atoms. The van der Waals surface area contributed by atoms with Crippen LogP contribution in [-0.4, -0.2) is 25.0 Å². The first kappa shape index (κ1) is 17.0. The summed E-state index contributed by atoms with van der Waals surface area (Å²) in [4.78, 5) is 25.3. The zero-order chi connectivity index (χ0) is 16.7. The maximum Gasteiger partial charge on any atom is 0.319 e. The number of nitrogens with zero attached hydrogens (tertiary/aromatic N) is 1. The third kappa shape index (κ3) is 5.10. The Balaban J connectivity index is 1.89. The number of rotatable bonds is 5. The van der Waals surface area contributed by atoms with Gasteiger partial charge in [0, 0.05) is 30.2 Å². The molecule has 120 valence electrons. The van der Waals surface area contributed by atoms with Crippen LogP contribution in [0.25, 0.3) is 0 Å². The van der Waals surface area contributed by atoms with Gasteiger partial charge in [-0.25, -0.2) is 4.79 Å². The molecule has 5 nitrogen and oxygen atoms in total. The SMILES string of the molecule is CC(=O)N(CCNC(=O)Nc1ccccc1)c1ccccc1Br. The highest BCUT2D eigenvalue weighted by Crippen LogP contribution is 2.25. The van der Waals surface area contributed by atoms with Crippen LogP contribution in [0.4, 0.5) is 16.2 Å². The predicted molar refractivity (Wildman–Crippen MR) is 95.6 cm³/mol. The van der Waals surface area contributed by atoms with Gasteiger partial charge in [0.1, 0.15) is 0 Å². The Labute approximate surface area is 143 Å². The van der Waals surface area contributed by atoms with E-state index in [2.05, 4.69) is 26.6 Å². The quantitative estimate of drug-likeness (QED) is 0.837. The average Bonchev–Trinajstić information content (AvgIpc) is 2.53. The Morgan fingerprint density at radius 2 is 1.70 bits per heavy atom. The molecule has 0 aliphatic carbocycles. The van der Waals surface area contributed by atoms with E-state index in [-0.39, 0.29) is 11.9 Å².